The Balaban J connectivity index is 2.04. The van der Waals surface area contributed by atoms with Gasteiger partial charge in [0, 0.05) is 13.2 Å². The maximum atomic E-state index is 12.2. The fourth-order valence-corrected chi connectivity index (χ4v) is 1.28. The third-order valence-corrected chi connectivity index (χ3v) is 2.60. The molecule has 0 heterocycles. The van der Waals surface area contributed by atoms with E-state index in [9.17, 15) is 12.9 Å². The van der Waals surface area contributed by atoms with Gasteiger partial charge in [0.25, 0.3) is 0 Å². The molecule has 0 N–H and O–H groups in total. The molecule has 0 aromatic carbocycles. The van der Waals surface area contributed by atoms with E-state index in [-0.39, 0.29) is 6.54 Å². The first-order valence-electron chi connectivity index (χ1n) is 5.53. The summed E-state index contributed by atoms with van der Waals surface area (Å²) in [5.74, 6) is 0.693. The van der Waals surface area contributed by atoms with Crippen molar-refractivity contribution in [3.63, 3.8) is 0 Å². The summed E-state index contributed by atoms with van der Waals surface area (Å²) in [6.07, 6.45) is 2.45. The van der Waals surface area contributed by atoms with Gasteiger partial charge >= 0.3 is 6.98 Å². The third kappa shape index (κ3) is 5.56. The van der Waals surface area contributed by atoms with E-state index < -0.39 is 12.4 Å². The highest BCUT2D eigenvalue weighted by atomic mass is 19.4. The second-order valence-corrected chi connectivity index (χ2v) is 4.49. The SMILES string of the molecule is C=C(CN(C)CCOCC1CC1)[B-](F)(F)F. The average molecular weight is 236 g/mol. The maximum absolute atomic E-state index is 12.2. The lowest BCUT2D eigenvalue weighted by Gasteiger charge is -2.24. The predicted molar refractivity (Wildman–Crippen MR) is 59.3 cm³/mol. The zero-order valence-corrected chi connectivity index (χ0v) is 9.59. The van der Waals surface area contributed by atoms with Gasteiger partial charge in [-0.15, -0.1) is 12.1 Å². The summed E-state index contributed by atoms with van der Waals surface area (Å²) in [6.45, 7) is -0.229. The number of ether oxygens (including phenoxy) is 1. The Morgan fingerprint density at radius 1 is 1.44 bits per heavy atom. The molecule has 2 nitrogen and oxygen atoms in total. The summed E-state index contributed by atoms with van der Waals surface area (Å²) >= 11 is 0. The highest BCUT2D eigenvalue weighted by Gasteiger charge is 2.27. The minimum Gasteiger partial charge on any atom is -0.445 e. The van der Waals surface area contributed by atoms with Gasteiger partial charge in [-0.25, -0.2) is 0 Å². The molecule has 0 spiro atoms. The quantitative estimate of drug-likeness (QED) is 0.473. The first kappa shape index (κ1) is 13.6. The summed E-state index contributed by atoms with van der Waals surface area (Å²) < 4.78 is 42.0. The van der Waals surface area contributed by atoms with Crippen LogP contribution in [0.15, 0.2) is 12.1 Å². The van der Waals surface area contributed by atoms with Gasteiger partial charge in [0.05, 0.1) is 6.61 Å². The number of nitrogens with zero attached hydrogens (tertiary/aromatic N) is 1. The molecule has 0 aromatic rings. The predicted octanol–water partition coefficient (Wildman–Crippen LogP) is 2.29. The van der Waals surface area contributed by atoms with E-state index in [1.165, 1.54) is 12.8 Å². The topological polar surface area (TPSA) is 12.5 Å². The average Bonchev–Trinajstić information content (AvgIpc) is 2.94. The second kappa shape index (κ2) is 5.73. The monoisotopic (exact) mass is 236 g/mol. The largest absolute Gasteiger partial charge is 0.506 e. The standard InChI is InChI=1S/C10H18BF3NO/c1-9(11(12,13)14)7-15(2)5-6-16-8-10-3-4-10/h10H,1,3-8H2,2H3/q-1. The van der Waals surface area contributed by atoms with Crippen molar-refractivity contribution >= 4 is 6.98 Å². The highest BCUT2D eigenvalue weighted by molar-refractivity contribution is 6.66. The minimum absolute atomic E-state index is 0.129. The molecule has 1 rings (SSSR count). The van der Waals surface area contributed by atoms with Crippen LogP contribution in [0.4, 0.5) is 12.9 Å². The Labute approximate surface area is 94.5 Å². The van der Waals surface area contributed by atoms with Crippen LogP contribution < -0.4 is 0 Å². The van der Waals surface area contributed by atoms with Crippen LogP contribution in [0.25, 0.3) is 0 Å². The van der Waals surface area contributed by atoms with Crippen LogP contribution in [0.1, 0.15) is 12.8 Å². The summed E-state index contributed by atoms with van der Waals surface area (Å²) in [6, 6.07) is 0. The van der Waals surface area contributed by atoms with Crippen molar-refractivity contribution < 1.29 is 17.7 Å². The molecular weight excluding hydrogens is 218 g/mol. The van der Waals surface area contributed by atoms with Crippen molar-refractivity contribution in [3.05, 3.63) is 12.1 Å². The fraction of sp³-hybridized carbons (Fsp3) is 0.800. The molecule has 1 aliphatic carbocycles. The van der Waals surface area contributed by atoms with Crippen molar-refractivity contribution in [2.24, 2.45) is 5.92 Å². The molecule has 0 aliphatic heterocycles. The lowest BCUT2D eigenvalue weighted by molar-refractivity contribution is 0.106. The number of hydrogen-bond acceptors (Lipinski definition) is 2. The van der Waals surface area contributed by atoms with Crippen molar-refractivity contribution in [1.82, 2.24) is 4.90 Å². The van der Waals surface area contributed by atoms with E-state index in [1.54, 1.807) is 11.9 Å². The van der Waals surface area contributed by atoms with Gasteiger partial charge in [-0.05, 0) is 32.4 Å². The smallest absolute Gasteiger partial charge is 0.445 e. The van der Waals surface area contributed by atoms with E-state index in [0.29, 0.717) is 19.1 Å². The van der Waals surface area contributed by atoms with Gasteiger partial charge in [-0.1, -0.05) is 0 Å². The van der Waals surface area contributed by atoms with Gasteiger partial charge in [-0.3, -0.25) is 0 Å². The van der Waals surface area contributed by atoms with Gasteiger partial charge in [0.2, 0.25) is 0 Å². The molecule has 1 saturated carbocycles. The van der Waals surface area contributed by atoms with Crippen LogP contribution in [-0.4, -0.2) is 45.2 Å². The zero-order chi connectivity index (χ0) is 12.2. The van der Waals surface area contributed by atoms with Crippen LogP contribution in [-0.2, 0) is 4.74 Å². The summed E-state index contributed by atoms with van der Waals surface area (Å²) in [5, 5.41) is 0. The summed E-state index contributed by atoms with van der Waals surface area (Å²) in [5.41, 5.74) is -0.648. The first-order chi connectivity index (χ1) is 7.39. The van der Waals surface area contributed by atoms with E-state index in [2.05, 4.69) is 6.58 Å². The van der Waals surface area contributed by atoms with E-state index in [0.717, 1.165) is 6.61 Å². The molecular formula is C10H18BF3NO-. The van der Waals surface area contributed by atoms with Gasteiger partial charge in [-0.2, -0.15) is 0 Å². The summed E-state index contributed by atoms with van der Waals surface area (Å²) in [7, 11) is 1.65. The van der Waals surface area contributed by atoms with Crippen LogP contribution in [0.5, 0.6) is 0 Å². The molecule has 0 aromatic heterocycles. The van der Waals surface area contributed by atoms with Crippen LogP contribution in [0.3, 0.4) is 0 Å². The van der Waals surface area contributed by atoms with Crippen LogP contribution in [0, 0.1) is 5.92 Å². The molecule has 6 heteroatoms. The van der Waals surface area contributed by atoms with E-state index in [4.69, 9.17) is 4.74 Å². The van der Waals surface area contributed by atoms with E-state index >= 15 is 0 Å². The van der Waals surface area contributed by atoms with Crippen molar-refractivity contribution in [2.45, 2.75) is 12.8 Å². The molecule has 0 radical (unpaired) electrons. The molecule has 0 amide bonds. The van der Waals surface area contributed by atoms with Crippen molar-refractivity contribution in [3.8, 4) is 0 Å². The van der Waals surface area contributed by atoms with Gasteiger partial charge in [0.1, 0.15) is 0 Å². The zero-order valence-electron chi connectivity index (χ0n) is 9.59. The molecule has 1 fully saturated rings. The second-order valence-electron chi connectivity index (χ2n) is 4.49. The van der Waals surface area contributed by atoms with Crippen molar-refractivity contribution in [2.75, 3.05) is 33.4 Å². The molecule has 0 saturated heterocycles. The summed E-state index contributed by atoms with van der Waals surface area (Å²) in [4.78, 5) is 1.59. The Bertz CT molecular complexity index is 241. The molecule has 1 aliphatic rings. The molecule has 94 valence electrons. The van der Waals surface area contributed by atoms with Crippen molar-refractivity contribution in [1.29, 1.82) is 0 Å². The fourth-order valence-electron chi connectivity index (χ4n) is 1.28. The lowest BCUT2D eigenvalue weighted by atomic mass is 9.80. The Kier molecular flexibility index (Phi) is 4.86. The third-order valence-electron chi connectivity index (χ3n) is 2.60. The molecule has 0 unspecified atom stereocenters. The molecule has 0 atom stereocenters. The number of hydrogen-bond donors (Lipinski definition) is 0. The minimum atomic E-state index is -4.90. The van der Waals surface area contributed by atoms with Gasteiger partial charge < -0.3 is 22.6 Å². The Hall–Kier alpha value is -0.485. The van der Waals surface area contributed by atoms with E-state index in [1.807, 2.05) is 0 Å². The molecule has 16 heavy (non-hydrogen) atoms. The number of likely N-dealkylation sites (N-methyl/N-ethyl adjacent to an activating group) is 1. The maximum Gasteiger partial charge on any atom is 0.506 e. The Morgan fingerprint density at radius 2 is 2.06 bits per heavy atom. The van der Waals surface area contributed by atoms with Gasteiger partial charge in [0.15, 0.2) is 0 Å². The molecule has 0 bridgehead atoms. The normalized spacial score (nSPS) is 16.8. The highest BCUT2D eigenvalue weighted by Crippen LogP contribution is 2.28. The number of halogens is 3. The van der Waals surface area contributed by atoms with Crippen LogP contribution in [0.2, 0.25) is 0 Å². The Morgan fingerprint density at radius 3 is 2.56 bits per heavy atom. The first-order valence-corrected chi connectivity index (χ1v) is 5.53. The lowest BCUT2D eigenvalue weighted by Crippen LogP contribution is -2.32. The van der Waals surface area contributed by atoms with Crippen LogP contribution >= 0.6 is 0 Å². The number of rotatable bonds is 8.